The monoisotopic (exact) mass is 274 g/mol. The molecule has 17 heavy (non-hydrogen) atoms. The van der Waals surface area contributed by atoms with Gasteiger partial charge in [0.15, 0.2) is 0 Å². The number of rotatable bonds is 4. The second-order valence-corrected chi connectivity index (χ2v) is 8.05. The minimum atomic E-state index is 0.625. The van der Waals surface area contributed by atoms with Gasteiger partial charge in [0, 0.05) is 47.7 Å². The normalized spacial score (nSPS) is 31.9. The Morgan fingerprint density at radius 3 is 2.94 bits per heavy atom. The van der Waals surface area contributed by atoms with Crippen molar-refractivity contribution in [1.29, 1.82) is 0 Å². The fourth-order valence-electron chi connectivity index (χ4n) is 2.76. The zero-order valence-electron chi connectivity index (χ0n) is 11.2. The quantitative estimate of drug-likeness (QED) is 0.846. The molecule has 0 aromatic rings. The topological polar surface area (TPSA) is 15.3 Å². The van der Waals surface area contributed by atoms with Gasteiger partial charge in [-0.2, -0.15) is 23.5 Å². The standard InChI is InChI=1S/C13H26N2S2/c1-11(2)14-12-4-3-5-15(8-12)9-13-10-16-6-7-17-13/h11-14H,3-10H2,1-2H3. The molecular formula is C13H26N2S2. The molecule has 2 unspecified atom stereocenters. The summed E-state index contributed by atoms with van der Waals surface area (Å²) in [7, 11) is 0. The third-order valence-electron chi connectivity index (χ3n) is 3.42. The van der Waals surface area contributed by atoms with Crippen LogP contribution in [-0.4, -0.2) is 59.1 Å². The summed E-state index contributed by atoms with van der Waals surface area (Å²) in [5.74, 6) is 4.08. The van der Waals surface area contributed by atoms with Crippen LogP contribution in [0.4, 0.5) is 0 Å². The van der Waals surface area contributed by atoms with Crippen LogP contribution in [0.15, 0.2) is 0 Å². The van der Waals surface area contributed by atoms with Crippen LogP contribution in [0.5, 0.6) is 0 Å². The van der Waals surface area contributed by atoms with Crippen molar-refractivity contribution in [1.82, 2.24) is 10.2 Å². The lowest BCUT2D eigenvalue weighted by atomic mass is 10.0. The zero-order chi connectivity index (χ0) is 12.1. The van der Waals surface area contributed by atoms with Crippen LogP contribution in [0.2, 0.25) is 0 Å². The first-order chi connectivity index (χ1) is 8.24. The van der Waals surface area contributed by atoms with E-state index in [0.29, 0.717) is 6.04 Å². The molecule has 2 nitrogen and oxygen atoms in total. The lowest BCUT2D eigenvalue weighted by Crippen LogP contribution is -2.49. The highest BCUT2D eigenvalue weighted by Gasteiger charge is 2.23. The molecule has 2 fully saturated rings. The van der Waals surface area contributed by atoms with E-state index in [1.54, 1.807) is 0 Å². The average Bonchev–Trinajstić information content (AvgIpc) is 2.30. The van der Waals surface area contributed by atoms with Gasteiger partial charge in [-0.15, -0.1) is 0 Å². The molecule has 2 saturated heterocycles. The summed E-state index contributed by atoms with van der Waals surface area (Å²) in [5.41, 5.74) is 0. The zero-order valence-corrected chi connectivity index (χ0v) is 12.8. The Bertz CT molecular complexity index is 217. The molecule has 1 N–H and O–H groups in total. The van der Waals surface area contributed by atoms with E-state index >= 15 is 0 Å². The largest absolute Gasteiger partial charge is 0.311 e. The van der Waals surface area contributed by atoms with Gasteiger partial charge < -0.3 is 10.2 Å². The maximum Gasteiger partial charge on any atom is 0.0265 e. The molecule has 0 aliphatic carbocycles. The van der Waals surface area contributed by atoms with E-state index in [1.165, 1.54) is 49.7 Å². The molecule has 2 rings (SSSR count). The summed E-state index contributed by atoms with van der Waals surface area (Å²) in [6, 6.07) is 1.35. The van der Waals surface area contributed by atoms with Crippen LogP contribution < -0.4 is 5.32 Å². The van der Waals surface area contributed by atoms with Crippen molar-refractivity contribution in [3.63, 3.8) is 0 Å². The molecule has 2 aliphatic heterocycles. The van der Waals surface area contributed by atoms with Gasteiger partial charge in [-0.3, -0.25) is 0 Å². The predicted molar refractivity (Wildman–Crippen MR) is 81.3 cm³/mol. The van der Waals surface area contributed by atoms with Crippen molar-refractivity contribution >= 4 is 23.5 Å². The second kappa shape index (κ2) is 7.27. The summed E-state index contributed by atoms with van der Waals surface area (Å²) >= 11 is 4.33. The van der Waals surface area contributed by atoms with E-state index in [9.17, 15) is 0 Å². The Morgan fingerprint density at radius 1 is 1.35 bits per heavy atom. The molecule has 0 spiro atoms. The SMILES string of the molecule is CC(C)NC1CCCN(CC2CSCCS2)C1. The van der Waals surface area contributed by atoms with Crippen molar-refractivity contribution in [2.24, 2.45) is 0 Å². The van der Waals surface area contributed by atoms with Gasteiger partial charge in [0.2, 0.25) is 0 Å². The van der Waals surface area contributed by atoms with Gasteiger partial charge in [-0.1, -0.05) is 13.8 Å². The first-order valence-electron chi connectivity index (χ1n) is 6.92. The summed E-state index contributed by atoms with van der Waals surface area (Å²) < 4.78 is 0. The van der Waals surface area contributed by atoms with E-state index in [0.717, 1.165) is 11.3 Å². The lowest BCUT2D eigenvalue weighted by molar-refractivity contribution is 0.188. The Morgan fingerprint density at radius 2 is 2.24 bits per heavy atom. The minimum Gasteiger partial charge on any atom is -0.311 e. The van der Waals surface area contributed by atoms with E-state index in [2.05, 4.69) is 47.6 Å². The smallest absolute Gasteiger partial charge is 0.0265 e. The number of likely N-dealkylation sites (tertiary alicyclic amines) is 1. The molecule has 0 radical (unpaired) electrons. The summed E-state index contributed by atoms with van der Waals surface area (Å²) in [5, 5.41) is 4.58. The molecular weight excluding hydrogens is 248 g/mol. The minimum absolute atomic E-state index is 0.625. The molecule has 0 amide bonds. The van der Waals surface area contributed by atoms with Crippen molar-refractivity contribution < 1.29 is 0 Å². The molecule has 0 bridgehead atoms. The van der Waals surface area contributed by atoms with E-state index in [1.807, 2.05) is 0 Å². The summed E-state index contributed by atoms with van der Waals surface area (Å²) in [6.45, 7) is 8.41. The van der Waals surface area contributed by atoms with Crippen LogP contribution in [0, 0.1) is 0 Å². The van der Waals surface area contributed by atoms with Crippen molar-refractivity contribution in [3.8, 4) is 0 Å². The van der Waals surface area contributed by atoms with E-state index < -0.39 is 0 Å². The first-order valence-corrected chi connectivity index (χ1v) is 9.12. The molecule has 0 aromatic carbocycles. The Labute approximate surface area is 115 Å². The van der Waals surface area contributed by atoms with Gasteiger partial charge in [0.25, 0.3) is 0 Å². The predicted octanol–water partition coefficient (Wildman–Crippen LogP) is 2.30. The summed E-state index contributed by atoms with van der Waals surface area (Å²) in [6.07, 6.45) is 2.73. The summed E-state index contributed by atoms with van der Waals surface area (Å²) in [4.78, 5) is 2.69. The third kappa shape index (κ3) is 5.01. The molecule has 2 atom stereocenters. The Balaban J connectivity index is 1.72. The number of thioether (sulfide) groups is 2. The molecule has 0 saturated carbocycles. The van der Waals surface area contributed by atoms with Crippen LogP contribution in [-0.2, 0) is 0 Å². The fourth-order valence-corrected chi connectivity index (χ4v) is 5.47. The Hall–Kier alpha value is 0.620. The molecule has 0 aromatic heterocycles. The Kier molecular flexibility index (Phi) is 6.00. The van der Waals surface area contributed by atoms with Crippen LogP contribution >= 0.6 is 23.5 Å². The lowest BCUT2D eigenvalue weighted by Gasteiger charge is -2.36. The molecule has 100 valence electrons. The number of piperidine rings is 1. The van der Waals surface area contributed by atoms with Crippen molar-refractivity contribution in [2.75, 3.05) is 36.9 Å². The highest BCUT2D eigenvalue weighted by atomic mass is 32.2. The average molecular weight is 274 g/mol. The highest BCUT2D eigenvalue weighted by molar-refractivity contribution is 8.06. The number of nitrogens with one attached hydrogen (secondary N) is 1. The van der Waals surface area contributed by atoms with E-state index in [4.69, 9.17) is 0 Å². The van der Waals surface area contributed by atoms with Gasteiger partial charge in [-0.05, 0) is 19.4 Å². The molecule has 2 aliphatic rings. The van der Waals surface area contributed by atoms with Crippen molar-refractivity contribution in [3.05, 3.63) is 0 Å². The maximum absolute atomic E-state index is 3.70. The van der Waals surface area contributed by atoms with Crippen molar-refractivity contribution in [2.45, 2.75) is 44.0 Å². The first kappa shape index (κ1) is 14.0. The van der Waals surface area contributed by atoms with Crippen LogP contribution in [0.1, 0.15) is 26.7 Å². The number of nitrogens with zero attached hydrogens (tertiary/aromatic N) is 1. The van der Waals surface area contributed by atoms with Gasteiger partial charge in [0.05, 0.1) is 0 Å². The van der Waals surface area contributed by atoms with Gasteiger partial charge in [-0.25, -0.2) is 0 Å². The molecule has 4 heteroatoms. The number of hydrogen-bond donors (Lipinski definition) is 1. The highest BCUT2D eigenvalue weighted by Crippen LogP contribution is 2.25. The maximum atomic E-state index is 3.70. The third-order valence-corrected chi connectivity index (χ3v) is 6.25. The van der Waals surface area contributed by atoms with Gasteiger partial charge >= 0.3 is 0 Å². The fraction of sp³-hybridized carbons (Fsp3) is 1.00. The van der Waals surface area contributed by atoms with Crippen LogP contribution in [0.3, 0.4) is 0 Å². The molecule has 2 heterocycles. The van der Waals surface area contributed by atoms with Gasteiger partial charge in [0.1, 0.15) is 0 Å². The second-order valence-electron chi connectivity index (χ2n) is 5.49. The number of hydrogen-bond acceptors (Lipinski definition) is 4. The van der Waals surface area contributed by atoms with Crippen LogP contribution in [0.25, 0.3) is 0 Å². The van der Waals surface area contributed by atoms with E-state index in [-0.39, 0.29) is 0 Å².